The van der Waals surface area contributed by atoms with Gasteiger partial charge in [-0.15, -0.1) is 0 Å². The lowest BCUT2D eigenvalue weighted by atomic mass is 9.99. The fraction of sp³-hybridized carbons (Fsp3) is 0.280. The number of nitrogens with one attached hydrogen (secondary N) is 1. The number of anilines is 1. The molecule has 6 nitrogen and oxygen atoms in total. The maximum atomic E-state index is 15.3. The van der Waals surface area contributed by atoms with Gasteiger partial charge in [0.25, 0.3) is 5.91 Å². The maximum Gasteiger partial charge on any atom is 0.258 e. The summed E-state index contributed by atoms with van der Waals surface area (Å²) in [4.78, 5) is 16.8. The van der Waals surface area contributed by atoms with Crippen LogP contribution >= 0.6 is 0 Å². The van der Waals surface area contributed by atoms with Gasteiger partial charge < -0.3 is 19.5 Å². The first-order chi connectivity index (χ1) is 16.9. The smallest absolute Gasteiger partial charge is 0.258 e. The van der Waals surface area contributed by atoms with Crippen LogP contribution < -0.4 is 14.8 Å². The van der Waals surface area contributed by atoms with E-state index < -0.39 is 45.9 Å². The van der Waals surface area contributed by atoms with Gasteiger partial charge in [-0.2, -0.15) is 0 Å². The summed E-state index contributed by atoms with van der Waals surface area (Å²) in [6, 6.07) is 4.79. The first-order valence-corrected chi connectivity index (χ1v) is 10.9. The van der Waals surface area contributed by atoms with E-state index in [2.05, 4.69) is 10.3 Å². The van der Waals surface area contributed by atoms with Gasteiger partial charge in [-0.1, -0.05) is 0 Å². The number of halogens is 4. The number of hydrogen-bond donors (Lipinski definition) is 1. The molecule has 0 bridgehead atoms. The van der Waals surface area contributed by atoms with E-state index in [4.69, 9.17) is 14.2 Å². The van der Waals surface area contributed by atoms with Crippen molar-refractivity contribution >= 4 is 11.6 Å². The van der Waals surface area contributed by atoms with Crippen molar-refractivity contribution in [1.82, 2.24) is 4.98 Å². The van der Waals surface area contributed by atoms with E-state index >= 15 is 4.39 Å². The van der Waals surface area contributed by atoms with Crippen LogP contribution in [-0.2, 0) is 4.74 Å². The van der Waals surface area contributed by atoms with Crippen molar-refractivity contribution in [2.45, 2.75) is 12.8 Å². The first-order valence-electron chi connectivity index (χ1n) is 10.9. The number of methoxy groups -OCH3 is 1. The number of aromatic nitrogens is 1. The summed E-state index contributed by atoms with van der Waals surface area (Å²) in [6.45, 7) is 1.69. The molecule has 0 aliphatic carbocycles. The van der Waals surface area contributed by atoms with Gasteiger partial charge in [0.15, 0.2) is 0 Å². The normalized spacial score (nSPS) is 14.0. The number of pyridine rings is 1. The molecule has 4 rings (SSSR count). The van der Waals surface area contributed by atoms with Crippen LogP contribution in [0.4, 0.5) is 23.2 Å². The Kier molecular flexibility index (Phi) is 7.50. The molecule has 1 amide bonds. The summed E-state index contributed by atoms with van der Waals surface area (Å²) in [5, 5.41) is 2.48. The third-order valence-electron chi connectivity index (χ3n) is 5.68. The average Bonchev–Trinajstić information content (AvgIpc) is 2.85. The van der Waals surface area contributed by atoms with Crippen LogP contribution in [0.1, 0.15) is 23.2 Å². The van der Waals surface area contributed by atoms with Gasteiger partial charge in [0.1, 0.15) is 40.5 Å². The van der Waals surface area contributed by atoms with E-state index in [1.165, 1.54) is 19.5 Å². The Morgan fingerprint density at radius 2 is 1.77 bits per heavy atom. The summed E-state index contributed by atoms with van der Waals surface area (Å²) in [7, 11) is 1.19. The summed E-state index contributed by atoms with van der Waals surface area (Å²) < 4.78 is 74.8. The largest absolute Gasteiger partial charge is 0.497 e. The molecule has 0 radical (unpaired) electrons. The first kappa shape index (κ1) is 24.5. The number of ether oxygens (including phenoxy) is 3. The van der Waals surface area contributed by atoms with E-state index in [9.17, 15) is 18.0 Å². The predicted molar refractivity (Wildman–Crippen MR) is 119 cm³/mol. The van der Waals surface area contributed by atoms with E-state index in [0.717, 1.165) is 37.1 Å². The van der Waals surface area contributed by atoms with Crippen LogP contribution in [0.5, 0.6) is 11.5 Å². The van der Waals surface area contributed by atoms with Gasteiger partial charge in [-0.05, 0) is 30.9 Å². The standard InChI is InChI=1S/C25H22F4N2O4/c1-33-15-10-18(27)22(19(28)11-15)23-17(26)3-2-16(24(23)29)25(32)31-20-12-30-7-4-21(20)35-13-14-5-8-34-9-6-14/h2-4,7,10-12,14H,5-6,8-9,13H2,1H3,(H,31,32). The van der Waals surface area contributed by atoms with Crippen LogP contribution in [0, 0.1) is 29.2 Å². The zero-order valence-corrected chi connectivity index (χ0v) is 18.7. The molecule has 184 valence electrons. The van der Waals surface area contributed by atoms with Gasteiger partial charge in [0, 0.05) is 37.6 Å². The molecule has 0 spiro atoms. The molecule has 1 N–H and O–H groups in total. The molecule has 1 fully saturated rings. The highest BCUT2D eigenvalue weighted by atomic mass is 19.1. The highest BCUT2D eigenvalue weighted by Gasteiger charge is 2.26. The highest BCUT2D eigenvalue weighted by Crippen LogP contribution is 2.35. The minimum absolute atomic E-state index is 0.164. The van der Waals surface area contributed by atoms with Crippen molar-refractivity contribution in [3.05, 3.63) is 71.6 Å². The SMILES string of the molecule is COc1cc(F)c(-c2c(F)ccc(C(=O)Nc3cnccc3OCC3CCOCC3)c2F)c(F)c1. The fourth-order valence-corrected chi connectivity index (χ4v) is 3.78. The van der Waals surface area contributed by atoms with Gasteiger partial charge in [-0.3, -0.25) is 9.78 Å². The lowest BCUT2D eigenvalue weighted by Gasteiger charge is -2.22. The van der Waals surface area contributed by atoms with Crippen molar-refractivity contribution in [2.75, 3.05) is 32.2 Å². The zero-order chi connectivity index (χ0) is 24.9. The molecule has 1 aliphatic heterocycles. The summed E-state index contributed by atoms with van der Waals surface area (Å²) in [6.07, 6.45) is 4.48. The molecular formula is C25H22F4N2O4. The number of amides is 1. The van der Waals surface area contributed by atoms with Gasteiger partial charge >= 0.3 is 0 Å². The maximum absolute atomic E-state index is 15.3. The minimum atomic E-state index is -1.42. The number of rotatable bonds is 7. The van der Waals surface area contributed by atoms with Crippen molar-refractivity contribution in [2.24, 2.45) is 5.92 Å². The lowest BCUT2D eigenvalue weighted by molar-refractivity contribution is 0.0498. The van der Waals surface area contributed by atoms with Crippen LogP contribution in [0.15, 0.2) is 42.7 Å². The molecule has 10 heteroatoms. The third-order valence-corrected chi connectivity index (χ3v) is 5.68. The Morgan fingerprint density at radius 3 is 2.46 bits per heavy atom. The summed E-state index contributed by atoms with van der Waals surface area (Å²) in [5.74, 6) is -5.67. The molecule has 1 aliphatic rings. The quantitative estimate of drug-likeness (QED) is 0.451. The van der Waals surface area contributed by atoms with E-state index in [-0.39, 0.29) is 17.4 Å². The molecular weight excluding hydrogens is 468 g/mol. The minimum Gasteiger partial charge on any atom is -0.497 e. The Balaban J connectivity index is 1.60. The Bertz CT molecular complexity index is 1210. The van der Waals surface area contributed by atoms with Gasteiger partial charge in [0.05, 0.1) is 36.6 Å². The Labute approximate surface area is 198 Å². The van der Waals surface area contributed by atoms with Crippen LogP contribution in [0.2, 0.25) is 0 Å². The molecule has 3 aromatic rings. The monoisotopic (exact) mass is 490 g/mol. The molecule has 35 heavy (non-hydrogen) atoms. The number of carbonyl (C=O) groups is 1. The van der Waals surface area contributed by atoms with Crippen molar-refractivity contribution in [1.29, 1.82) is 0 Å². The van der Waals surface area contributed by atoms with Crippen molar-refractivity contribution in [3.8, 4) is 22.6 Å². The second-order valence-electron chi connectivity index (χ2n) is 7.94. The van der Waals surface area contributed by atoms with Crippen molar-refractivity contribution < 1.29 is 36.6 Å². The van der Waals surface area contributed by atoms with Crippen LogP contribution in [0.3, 0.4) is 0 Å². The summed E-state index contributed by atoms with van der Waals surface area (Å²) in [5.41, 5.74) is -2.40. The van der Waals surface area contributed by atoms with Crippen LogP contribution in [-0.4, -0.2) is 37.8 Å². The highest BCUT2D eigenvalue weighted by molar-refractivity contribution is 6.06. The molecule has 1 aromatic heterocycles. The lowest BCUT2D eigenvalue weighted by Crippen LogP contribution is -2.22. The number of benzene rings is 2. The van der Waals surface area contributed by atoms with E-state index in [1.807, 2.05) is 0 Å². The molecule has 0 atom stereocenters. The van der Waals surface area contributed by atoms with Gasteiger partial charge in [0.2, 0.25) is 0 Å². The van der Waals surface area contributed by atoms with Crippen molar-refractivity contribution in [3.63, 3.8) is 0 Å². The molecule has 2 heterocycles. The molecule has 2 aromatic carbocycles. The zero-order valence-electron chi connectivity index (χ0n) is 18.7. The topological polar surface area (TPSA) is 69.7 Å². The Morgan fingerprint density at radius 1 is 1.06 bits per heavy atom. The number of nitrogens with zero attached hydrogens (tertiary/aromatic N) is 1. The molecule has 1 saturated heterocycles. The number of carbonyl (C=O) groups excluding carboxylic acids is 1. The predicted octanol–water partition coefficient (Wildman–Crippen LogP) is 5.37. The number of hydrogen-bond acceptors (Lipinski definition) is 5. The van der Waals surface area contributed by atoms with E-state index in [0.29, 0.717) is 25.6 Å². The van der Waals surface area contributed by atoms with Gasteiger partial charge in [-0.25, -0.2) is 17.6 Å². The second kappa shape index (κ2) is 10.7. The Hall–Kier alpha value is -3.66. The average molecular weight is 490 g/mol. The molecule has 0 saturated carbocycles. The van der Waals surface area contributed by atoms with E-state index in [1.54, 1.807) is 6.07 Å². The second-order valence-corrected chi connectivity index (χ2v) is 7.94. The third kappa shape index (κ3) is 5.37. The van der Waals surface area contributed by atoms with Crippen LogP contribution in [0.25, 0.3) is 11.1 Å². The summed E-state index contributed by atoms with van der Waals surface area (Å²) >= 11 is 0. The molecule has 0 unspecified atom stereocenters. The fourth-order valence-electron chi connectivity index (χ4n) is 3.78.